The first-order valence-electron chi connectivity index (χ1n) is 6.38. The van der Waals surface area contributed by atoms with Crippen molar-refractivity contribution in [1.29, 1.82) is 0 Å². The molecule has 1 fully saturated rings. The summed E-state index contributed by atoms with van der Waals surface area (Å²) in [5.74, 6) is -1.17. The number of halogens is 1. The Kier molecular flexibility index (Phi) is 4.55. The molecule has 0 bridgehead atoms. The first kappa shape index (κ1) is 15.8. The van der Waals surface area contributed by atoms with Gasteiger partial charge in [-0.25, -0.2) is 8.42 Å². The van der Waals surface area contributed by atoms with Gasteiger partial charge in [0.2, 0.25) is 15.8 Å². The van der Waals surface area contributed by atoms with Gasteiger partial charge in [-0.15, -0.1) is 0 Å². The molecule has 1 atom stereocenters. The molecule has 116 valence electrons. The molecule has 0 spiro atoms. The van der Waals surface area contributed by atoms with Gasteiger partial charge >= 0.3 is 5.69 Å². The summed E-state index contributed by atoms with van der Waals surface area (Å²) in [6, 6.07) is 2.59. The minimum Gasteiger partial charge on any atom is -0.377 e. The maximum Gasteiger partial charge on any atom is 0.304 e. The van der Waals surface area contributed by atoms with Crippen LogP contribution < -0.4 is 0 Å². The van der Waals surface area contributed by atoms with Gasteiger partial charge in [-0.3, -0.25) is 10.1 Å². The van der Waals surface area contributed by atoms with E-state index in [4.69, 9.17) is 4.74 Å². The average molecular weight is 318 g/mol. The minimum absolute atomic E-state index is 0.168. The number of sulfonamides is 1. The van der Waals surface area contributed by atoms with Crippen LogP contribution in [0.3, 0.4) is 0 Å². The molecule has 7 nitrogen and oxygen atoms in total. The number of nitro groups is 1. The fraction of sp³-hybridized carbons (Fsp3) is 0.500. The van der Waals surface area contributed by atoms with Crippen molar-refractivity contribution >= 4 is 15.7 Å². The molecule has 1 heterocycles. The van der Waals surface area contributed by atoms with Gasteiger partial charge in [-0.1, -0.05) is 0 Å². The molecule has 1 aromatic rings. The van der Waals surface area contributed by atoms with Gasteiger partial charge in [0, 0.05) is 31.8 Å². The summed E-state index contributed by atoms with van der Waals surface area (Å²) < 4.78 is 45.1. The molecular weight excluding hydrogens is 303 g/mol. The van der Waals surface area contributed by atoms with Crippen LogP contribution in [0.25, 0.3) is 0 Å². The summed E-state index contributed by atoms with van der Waals surface area (Å²) in [4.78, 5) is 9.37. The van der Waals surface area contributed by atoms with Crippen LogP contribution in [-0.2, 0) is 14.8 Å². The second-order valence-corrected chi connectivity index (χ2v) is 6.71. The first-order valence-corrected chi connectivity index (χ1v) is 7.82. The van der Waals surface area contributed by atoms with Gasteiger partial charge in [0.1, 0.15) is 0 Å². The monoisotopic (exact) mass is 318 g/mol. The van der Waals surface area contributed by atoms with E-state index in [2.05, 4.69) is 0 Å². The number of nitro benzene ring substituents is 1. The molecule has 0 amide bonds. The molecule has 21 heavy (non-hydrogen) atoms. The molecule has 0 aliphatic carbocycles. The maximum absolute atomic E-state index is 13.6. The molecule has 0 aromatic heterocycles. The van der Waals surface area contributed by atoms with Crippen LogP contribution in [0, 0.1) is 15.9 Å². The SMILES string of the molecule is CC1CN(S(=O)(=O)c2ccc([N+](=O)[O-])c(F)c2)CCCO1. The van der Waals surface area contributed by atoms with Crippen molar-refractivity contribution in [1.82, 2.24) is 4.31 Å². The van der Waals surface area contributed by atoms with Gasteiger partial charge in [0.25, 0.3) is 0 Å². The standard InChI is InChI=1S/C12H15FN2O5S/c1-9-8-14(5-2-6-20-9)21(18,19)10-3-4-12(15(16)17)11(13)7-10/h3-4,7,9H,2,5-6,8H2,1H3. The third kappa shape index (κ3) is 3.36. The maximum atomic E-state index is 13.6. The van der Waals surface area contributed by atoms with Crippen LogP contribution in [-0.4, -0.2) is 43.4 Å². The minimum atomic E-state index is -3.89. The molecule has 1 unspecified atom stereocenters. The topological polar surface area (TPSA) is 89.8 Å². The van der Waals surface area contributed by atoms with E-state index in [1.165, 1.54) is 4.31 Å². The van der Waals surface area contributed by atoms with Gasteiger partial charge in [0.15, 0.2) is 0 Å². The normalized spacial score (nSPS) is 21.0. The highest BCUT2D eigenvalue weighted by atomic mass is 32.2. The highest BCUT2D eigenvalue weighted by Gasteiger charge is 2.29. The third-order valence-corrected chi connectivity index (χ3v) is 5.03. The van der Waals surface area contributed by atoms with Gasteiger partial charge in [-0.2, -0.15) is 8.70 Å². The smallest absolute Gasteiger partial charge is 0.304 e. The van der Waals surface area contributed by atoms with Gasteiger partial charge in [0.05, 0.1) is 15.9 Å². The zero-order chi connectivity index (χ0) is 15.6. The quantitative estimate of drug-likeness (QED) is 0.623. The Hall–Kier alpha value is -1.58. The highest BCUT2D eigenvalue weighted by Crippen LogP contribution is 2.24. The number of benzene rings is 1. The molecule has 0 radical (unpaired) electrons. The van der Waals surface area contributed by atoms with Crippen molar-refractivity contribution in [3.63, 3.8) is 0 Å². The first-order chi connectivity index (χ1) is 9.82. The third-order valence-electron chi connectivity index (χ3n) is 3.17. The predicted octanol–water partition coefficient (Wildman–Crippen LogP) is 1.53. The molecule has 1 aliphatic rings. The summed E-state index contributed by atoms with van der Waals surface area (Å²) in [7, 11) is -3.89. The van der Waals surface area contributed by atoms with Crippen molar-refractivity contribution in [2.24, 2.45) is 0 Å². The summed E-state index contributed by atoms with van der Waals surface area (Å²) >= 11 is 0. The summed E-state index contributed by atoms with van der Waals surface area (Å²) in [5.41, 5.74) is -0.749. The van der Waals surface area contributed by atoms with Crippen LogP contribution >= 0.6 is 0 Å². The molecule has 0 saturated carbocycles. The Bertz CT molecular complexity index is 649. The molecule has 0 N–H and O–H groups in total. The Balaban J connectivity index is 2.34. The number of rotatable bonds is 3. The van der Waals surface area contributed by atoms with E-state index in [0.29, 0.717) is 19.1 Å². The van der Waals surface area contributed by atoms with E-state index in [1.54, 1.807) is 6.92 Å². The van der Waals surface area contributed by atoms with Crippen LogP contribution in [0.2, 0.25) is 0 Å². The lowest BCUT2D eigenvalue weighted by Gasteiger charge is -2.21. The van der Waals surface area contributed by atoms with Gasteiger partial charge in [-0.05, 0) is 19.4 Å². The Morgan fingerprint density at radius 2 is 2.19 bits per heavy atom. The van der Waals surface area contributed by atoms with E-state index in [0.717, 1.165) is 12.1 Å². The van der Waals surface area contributed by atoms with Gasteiger partial charge < -0.3 is 4.74 Å². The number of hydrogen-bond acceptors (Lipinski definition) is 5. The number of nitrogens with zero attached hydrogens (tertiary/aromatic N) is 2. The van der Waals surface area contributed by atoms with Crippen LogP contribution in [0.15, 0.2) is 23.1 Å². The summed E-state index contributed by atoms with van der Waals surface area (Å²) in [6.45, 7) is 2.65. The molecule has 1 saturated heterocycles. The molecule has 1 aliphatic heterocycles. The van der Waals surface area contributed by atoms with Crippen LogP contribution in [0.4, 0.5) is 10.1 Å². The lowest BCUT2D eigenvalue weighted by atomic mass is 10.3. The zero-order valence-electron chi connectivity index (χ0n) is 11.4. The Labute approximate surface area is 121 Å². The highest BCUT2D eigenvalue weighted by molar-refractivity contribution is 7.89. The molecule has 2 rings (SSSR count). The zero-order valence-corrected chi connectivity index (χ0v) is 12.2. The predicted molar refractivity (Wildman–Crippen MR) is 71.8 cm³/mol. The van der Waals surface area contributed by atoms with Crippen LogP contribution in [0.1, 0.15) is 13.3 Å². The van der Waals surface area contributed by atoms with Crippen molar-refractivity contribution in [2.45, 2.75) is 24.3 Å². The van der Waals surface area contributed by atoms with Crippen molar-refractivity contribution in [3.8, 4) is 0 Å². The largest absolute Gasteiger partial charge is 0.377 e. The molecule has 9 heteroatoms. The fourth-order valence-electron chi connectivity index (χ4n) is 2.12. The van der Waals surface area contributed by atoms with E-state index in [-0.39, 0.29) is 24.1 Å². The van der Waals surface area contributed by atoms with E-state index in [9.17, 15) is 22.9 Å². The molecule has 1 aromatic carbocycles. The van der Waals surface area contributed by atoms with Crippen molar-refractivity contribution < 1.29 is 22.5 Å². The number of hydrogen-bond donors (Lipinski definition) is 0. The summed E-state index contributed by atoms with van der Waals surface area (Å²) in [6.07, 6.45) is 0.282. The second kappa shape index (κ2) is 6.04. The Morgan fingerprint density at radius 3 is 2.81 bits per heavy atom. The lowest BCUT2D eigenvalue weighted by Crippen LogP contribution is -2.36. The van der Waals surface area contributed by atoms with Crippen molar-refractivity contribution in [2.75, 3.05) is 19.7 Å². The molecular formula is C12H15FN2O5S. The number of ether oxygens (including phenoxy) is 1. The van der Waals surface area contributed by atoms with E-state index < -0.39 is 26.5 Å². The fourth-order valence-corrected chi connectivity index (χ4v) is 3.69. The van der Waals surface area contributed by atoms with E-state index in [1.807, 2.05) is 0 Å². The summed E-state index contributed by atoms with van der Waals surface area (Å²) in [5, 5.41) is 10.6. The average Bonchev–Trinajstić information content (AvgIpc) is 2.63. The lowest BCUT2D eigenvalue weighted by molar-refractivity contribution is -0.387. The van der Waals surface area contributed by atoms with Crippen molar-refractivity contribution in [3.05, 3.63) is 34.1 Å². The second-order valence-electron chi connectivity index (χ2n) is 4.77. The van der Waals surface area contributed by atoms with E-state index >= 15 is 0 Å². The Morgan fingerprint density at radius 1 is 1.48 bits per heavy atom. The van der Waals surface area contributed by atoms with Crippen LogP contribution in [0.5, 0.6) is 0 Å².